The van der Waals surface area contributed by atoms with E-state index in [9.17, 15) is 0 Å². The molecule has 2 rings (SSSR count). The van der Waals surface area contributed by atoms with E-state index in [1.165, 1.54) is 0 Å². The molecule has 0 aromatic carbocycles. The molecule has 0 amide bonds. The summed E-state index contributed by atoms with van der Waals surface area (Å²) < 4.78 is 5.58. The van der Waals surface area contributed by atoms with E-state index < -0.39 is 0 Å². The summed E-state index contributed by atoms with van der Waals surface area (Å²) in [6.45, 7) is 4.51. The third-order valence-corrected chi connectivity index (χ3v) is 3.19. The Bertz CT molecular complexity index is 334. The fraction of sp³-hybridized carbons (Fsp3) is 0.600. The zero-order valence-corrected chi connectivity index (χ0v) is 10.3. The second-order valence-electron chi connectivity index (χ2n) is 3.56. The van der Waals surface area contributed by atoms with E-state index in [2.05, 4.69) is 30.8 Å². The first-order chi connectivity index (χ1) is 7.31. The smallest absolute Gasteiger partial charge is 0.150 e. The lowest BCUT2D eigenvalue weighted by atomic mass is 10.3. The number of anilines is 1. The summed E-state index contributed by atoms with van der Waals surface area (Å²) in [4.78, 5) is 10.8. The van der Waals surface area contributed by atoms with E-state index in [4.69, 9.17) is 4.74 Å². The lowest BCUT2D eigenvalue weighted by Crippen LogP contribution is -2.44. The normalized spacial score (nSPS) is 21.7. The quantitative estimate of drug-likeness (QED) is 0.762. The number of aryl methyl sites for hydroxylation is 1. The van der Waals surface area contributed by atoms with Crippen LogP contribution in [0.3, 0.4) is 0 Å². The lowest BCUT2D eigenvalue weighted by molar-refractivity contribution is 0.0567. The van der Waals surface area contributed by atoms with Crippen LogP contribution in [-0.4, -0.2) is 41.1 Å². The van der Waals surface area contributed by atoms with Crippen LogP contribution in [0, 0.1) is 6.92 Å². The zero-order chi connectivity index (χ0) is 10.7. The molecule has 1 saturated heterocycles. The van der Waals surface area contributed by atoms with Gasteiger partial charge in [0.25, 0.3) is 0 Å². The minimum atomic E-state index is 0.250. The summed E-state index contributed by atoms with van der Waals surface area (Å²) in [7, 11) is 0. The van der Waals surface area contributed by atoms with Gasteiger partial charge in [-0.2, -0.15) is 0 Å². The summed E-state index contributed by atoms with van der Waals surface area (Å²) in [5.74, 6) is 0.978. The zero-order valence-electron chi connectivity index (χ0n) is 8.69. The van der Waals surface area contributed by atoms with Crippen LogP contribution in [0.1, 0.15) is 5.69 Å². The van der Waals surface area contributed by atoms with Crippen molar-refractivity contribution in [2.75, 3.05) is 29.9 Å². The van der Waals surface area contributed by atoms with Crippen molar-refractivity contribution >= 4 is 21.7 Å². The van der Waals surface area contributed by atoms with Crippen molar-refractivity contribution in [2.45, 2.75) is 13.0 Å². The number of morpholine rings is 1. The molecule has 15 heavy (non-hydrogen) atoms. The second kappa shape index (κ2) is 4.90. The number of ether oxygens (including phenoxy) is 1. The molecule has 1 aliphatic heterocycles. The molecule has 5 heteroatoms. The Balaban J connectivity index is 2.13. The summed E-state index contributed by atoms with van der Waals surface area (Å²) in [5, 5.41) is 0.864. The van der Waals surface area contributed by atoms with E-state index >= 15 is 0 Å². The van der Waals surface area contributed by atoms with Gasteiger partial charge in [0, 0.05) is 30.8 Å². The molecule has 1 atom stereocenters. The fourth-order valence-electron chi connectivity index (χ4n) is 1.72. The average molecular weight is 272 g/mol. The standard InChI is InChI=1S/C10H14BrN3O/c1-8-10(13-3-2-12-8)14-4-5-15-9(6-11)7-14/h2-3,9H,4-7H2,1H3. The third kappa shape index (κ3) is 2.46. The minimum Gasteiger partial charge on any atom is -0.374 e. The van der Waals surface area contributed by atoms with Crippen LogP contribution in [0.5, 0.6) is 0 Å². The van der Waals surface area contributed by atoms with Crippen LogP contribution in [0.25, 0.3) is 0 Å². The Kier molecular flexibility index (Phi) is 3.53. The number of aromatic nitrogens is 2. The fourth-order valence-corrected chi connectivity index (χ4v) is 2.11. The van der Waals surface area contributed by atoms with Gasteiger partial charge in [0.05, 0.1) is 18.4 Å². The molecule has 1 unspecified atom stereocenters. The summed E-state index contributed by atoms with van der Waals surface area (Å²) in [6.07, 6.45) is 3.71. The van der Waals surface area contributed by atoms with Crippen LogP contribution < -0.4 is 4.90 Å². The highest BCUT2D eigenvalue weighted by Crippen LogP contribution is 2.17. The topological polar surface area (TPSA) is 38.2 Å². The molecule has 4 nitrogen and oxygen atoms in total. The van der Waals surface area contributed by atoms with Crippen LogP contribution in [0.2, 0.25) is 0 Å². The number of halogens is 1. The van der Waals surface area contributed by atoms with Gasteiger partial charge in [-0.05, 0) is 6.92 Å². The highest BCUT2D eigenvalue weighted by atomic mass is 79.9. The maximum Gasteiger partial charge on any atom is 0.150 e. The maximum atomic E-state index is 5.58. The number of hydrogen-bond acceptors (Lipinski definition) is 4. The Morgan fingerprint density at radius 1 is 1.53 bits per heavy atom. The molecule has 1 fully saturated rings. The summed E-state index contributed by atoms with van der Waals surface area (Å²) in [6, 6.07) is 0. The van der Waals surface area contributed by atoms with Crippen LogP contribution in [0.4, 0.5) is 5.82 Å². The molecule has 0 spiro atoms. The summed E-state index contributed by atoms with van der Waals surface area (Å²) >= 11 is 3.44. The molecule has 0 N–H and O–H groups in total. The molecule has 0 aliphatic carbocycles. The van der Waals surface area contributed by atoms with Gasteiger partial charge in [0.15, 0.2) is 0 Å². The average Bonchev–Trinajstić information content (AvgIpc) is 2.30. The van der Waals surface area contributed by atoms with Crippen LogP contribution in [-0.2, 0) is 4.74 Å². The van der Waals surface area contributed by atoms with Crippen molar-refractivity contribution in [2.24, 2.45) is 0 Å². The number of nitrogens with zero attached hydrogens (tertiary/aromatic N) is 3. The van der Waals surface area contributed by atoms with Gasteiger partial charge in [-0.1, -0.05) is 15.9 Å². The molecule has 1 aromatic rings. The van der Waals surface area contributed by atoms with Gasteiger partial charge in [0.2, 0.25) is 0 Å². The van der Waals surface area contributed by atoms with E-state index in [1.807, 2.05) is 6.92 Å². The van der Waals surface area contributed by atoms with E-state index in [-0.39, 0.29) is 6.10 Å². The Morgan fingerprint density at radius 2 is 2.33 bits per heavy atom. The van der Waals surface area contributed by atoms with E-state index in [1.54, 1.807) is 12.4 Å². The Hall–Kier alpha value is -0.680. The minimum absolute atomic E-state index is 0.250. The first-order valence-corrected chi connectivity index (χ1v) is 6.13. The number of hydrogen-bond donors (Lipinski definition) is 0. The van der Waals surface area contributed by atoms with Crippen molar-refractivity contribution in [3.05, 3.63) is 18.1 Å². The molecule has 0 saturated carbocycles. The number of alkyl halides is 1. The predicted octanol–water partition coefficient (Wildman–Crippen LogP) is 1.39. The monoisotopic (exact) mass is 271 g/mol. The predicted molar refractivity (Wildman–Crippen MR) is 62.5 cm³/mol. The van der Waals surface area contributed by atoms with E-state index in [0.717, 1.165) is 36.5 Å². The molecule has 0 radical (unpaired) electrons. The Labute approximate surface area is 97.8 Å². The largest absolute Gasteiger partial charge is 0.374 e. The van der Waals surface area contributed by atoms with E-state index in [0.29, 0.717) is 0 Å². The first-order valence-electron chi connectivity index (χ1n) is 5.01. The van der Waals surface area contributed by atoms with Crippen LogP contribution >= 0.6 is 15.9 Å². The highest BCUT2D eigenvalue weighted by Gasteiger charge is 2.21. The Morgan fingerprint density at radius 3 is 3.07 bits per heavy atom. The van der Waals surface area contributed by atoms with Crippen molar-refractivity contribution in [1.82, 2.24) is 9.97 Å². The van der Waals surface area contributed by atoms with Gasteiger partial charge in [-0.15, -0.1) is 0 Å². The first kappa shape index (κ1) is 10.8. The molecular formula is C10H14BrN3O. The number of rotatable bonds is 2. The molecule has 1 aliphatic rings. The van der Waals surface area contributed by atoms with Gasteiger partial charge in [-0.25, -0.2) is 4.98 Å². The van der Waals surface area contributed by atoms with Gasteiger partial charge >= 0.3 is 0 Å². The highest BCUT2D eigenvalue weighted by molar-refractivity contribution is 9.09. The van der Waals surface area contributed by atoms with Crippen molar-refractivity contribution < 1.29 is 4.74 Å². The second-order valence-corrected chi connectivity index (χ2v) is 4.21. The molecular weight excluding hydrogens is 258 g/mol. The summed E-state index contributed by atoms with van der Waals surface area (Å²) in [5.41, 5.74) is 0.979. The lowest BCUT2D eigenvalue weighted by Gasteiger charge is -2.33. The molecule has 1 aromatic heterocycles. The van der Waals surface area contributed by atoms with Crippen molar-refractivity contribution in [3.63, 3.8) is 0 Å². The van der Waals surface area contributed by atoms with Gasteiger partial charge in [-0.3, -0.25) is 4.98 Å². The molecule has 2 heterocycles. The third-order valence-electron chi connectivity index (χ3n) is 2.47. The van der Waals surface area contributed by atoms with Crippen molar-refractivity contribution in [3.8, 4) is 0 Å². The SMILES string of the molecule is Cc1nccnc1N1CCOC(CBr)C1. The van der Waals surface area contributed by atoms with Gasteiger partial charge < -0.3 is 9.64 Å². The molecule has 0 bridgehead atoms. The maximum absolute atomic E-state index is 5.58. The molecule has 82 valence electrons. The van der Waals surface area contributed by atoms with Gasteiger partial charge in [0.1, 0.15) is 5.82 Å². The van der Waals surface area contributed by atoms with Crippen LogP contribution in [0.15, 0.2) is 12.4 Å². The van der Waals surface area contributed by atoms with Crippen molar-refractivity contribution in [1.29, 1.82) is 0 Å².